The summed E-state index contributed by atoms with van der Waals surface area (Å²) in [4.78, 5) is 35.9. The largest absolute Gasteiger partial charge is 0.472 e. The Bertz CT molecular complexity index is 1310. The molecule has 67 heavy (non-hydrogen) atoms. The lowest BCUT2D eigenvalue weighted by atomic mass is 9.85. The number of aliphatic hydroxyl groups is 5. The molecule has 0 spiro atoms. The number of phosphoric acid groups is 1. The van der Waals surface area contributed by atoms with E-state index >= 15 is 0 Å². The highest BCUT2D eigenvalue weighted by Gasteiger charge is 2.51. The molecule has 0 heterocycles. The van der Waals surface area contributed by atoms with Crippen molar-refractivity contribution in [2.75, 3.05) is 13.2 Å². The molecule has 14 heteroatoms. The highest BCUT2D eigenvalue weighted by Crippen LogP contribution is 2.47. The van der Waals surface area contributed by atoms with E-state index in [-0.39, 0.29) is 12.8 Å². The van der Waals surface area contributed by atoms with Gasteiger partial charge in [-0.3, -0.25) is 18.6 Å². The van der Waals surface area contributed by atoms with E-state index in [0.717, 1.165) is 64.2 Å². The molecule has 392 valence electrons. The van der Waals surface area contributed by atoms with Gasteiger partial charge in [0, 0.05) is 12.8 Å². The number of ether oxygens (including phenoxy) is 2. The number of rotatable bonds is 45. The number of hydrogen-bond acceptors (Lipinski definition) is 12. The maximum absolute atomic E-state index is 12.9. The second-order valence-electron chi connectivity index (χ2n) is 18.7. The maximum Gasteiger partial charge on any atom is 0.472 e. The molecule has 6 N–H and O–H groups in total. The Morgan fingerprint density at radius 3 is 1.25 bits per heavy atom. The fraction of sp³-hybridized carbons (Fsp3) is 0.849. The quantitative estimate of drug-likeness (QED) is 0.0145. The predicted octanol–water partition coefficient (Wildman–Crippen LogP) is 11.7. The first-order valence-electron chi connectivity index (χ1n) is 26.8. The zero-order chi connectivity index (χ0) is 49.2. The number of allylic oxidation sites excluding steroid dienone is 6. The minimum Gasteiger partial charge on any atom is -0.462 e. The van der Waals surface area contributed by atoms with Crippen LogP contribution >= 0.6 is 7.82 Å². The van der Waals surface area contributed by atoms with Gasteiger partial charge in [-0.1, -0.05) is 204 Å². The van der Waals surface area contributed by atoms with E-state index in [0.29, 0.717) is 12.8 Å². The van der Waals surface area contributed by atoms with Crippen LogP contribution in [0.25, 0.3) is 0 Å². The molecule has 0 amide bonds. The van der Waals surface area contributed by atoms with Crippen LogP contribution in [0.4, 0.5) is 0 Å². The number of carbonyl (C=O) groups is 2. The summed E-state index contributed by atoms with van der Waals surface area (Å²) in [5.74, 6) is -1.11. The van der Waals surface area contributed by atoms with E-state index < -0.39 is 75.7 Å². The van der Waals surface area contributed by atoms with Crippen LogP contribution in [0.1, 0.15) is 232 Å². The minimum atomic E-state index is -5.13. The lowest BCUT2D eigenvalue weighted by molar-refractivity contribution is -0.220. The number of esters is 2. The summed E-state index contributed by atoms with van der Waals surface area (Å²) in [7, 11) is -5.13. The van der Waals surface area contributed by atoms with Crippen molar-refractivity contribution in [2.24, 2.45) is 0 Å². The molecule has 8 atom stereocenters. The minimum absolute atomic E-state index is 0.0728. The van der Waals surface area contributed by atoms with Crippen LogP contribution in [0, 0.1) is 0 Å². The fourth-order valence-electron chi connectivity index (χ4n) is 8.18. The zero-order valence-corrected chi connectivity index (χ0v) is 42.8. The Morgan fingerprint density at radius 1 is 0.463 bits per heavy atom. The third-order valence-electron chi connectivity index (χ3n) is 12.5. The predicted molar refractivity (Wildman–Crippen MR) is 267 cm³/mol. The van der Waals surface area contributed by atoms with Crippen LogP contribution in [-0.2, 0) is 32.7 Å². The summed E-state index contributed by atoms with van der Waals surface area (Å²) >= 11 is 0. The standard InChI is InChI=1S/C53H97O13P/c1-3-5-7-9-11-13-15-17-19-21-22-23-24-26-27-29-31-33-35-37-39-41-46(54)63-43-45(44-64-67(61,62)66-53-51(59)49(57)48(56)50(58)52(53)60)65-47(55)42-40-38-36-34-32-30-28-25-20-18-16-14-12-10-8-6-4-2/h12,14,18,20,28,30,45,48-53,56-60H,3-11,13,15-17,19,21-27,29,31-44H2,1-2H3,(H,61,62)/b14-12+,20-18+,30-28+/t45-,48?,49-,50?,51?,52?,53?/m0/s1. The van der Waals surface area contributed by atoms with Gasteiger partial charge in [-0.05, 0) is 51.4 Å². The van der Waals surface area contributed by atoms with Crippen molar-refractivity contribution in [2.45, 2.75) is 275 Å². The van der Waals surface area contributed by atoms with E-state index in [1.807, 2.05) is 0 Å². The summed E-state index contributed by atoms with van der Waals surface area (Å²) in [6.07, 6.45) is 37.6. The van der Waals surface area contributed by atoms with Gasteiger partial charge in [0.25, 0.3) is 0 Å². The molecule has 0 aliphatic heterocycles. The van der Waals surface area contributed by atoms with Crippen molar-refractivity contribution >= 4 is 19.8 Å². The first-order valence-corrected chi connectivity index (χ1v) is 28.3. The second kappa shape index (κ2) is 42.9. The van der Waals surface area contributed by atoms with Gasteiger partial charge in [0.15, 0.2) is 6.10 Å². The van der Waals surface area contributed by atoms with E-state index in [4.69, 9.17) is 18.5 Å². The van der Waals surface area contributed by atoms with E-state index in [1.54, 1.807) is 0 Å². The molecule has 0 aromatic heterocycles. The first-order chi connectivity index (χ1) is 32.4. The van der Waals surface area contributed by atoms with Gasteiger partial charge in [-0.15, -0.1) is 0 Å². The third-order valence-corrected chi connectivity index (χ3v) is 13.5. The Labute approximate surface area is 406 Å². The summed E-state index contributed by atoms with van der Waals surface area (Å²) in [5, 5.41) is 50.3. The van der Waals surface area contributed by atoms with Crippen LogP contribution in [0.5, 0.6) is 0 Å². The van der Waals surface area contributed by atoms with Gasteiger partial charge in [-0.25, -0.2) is 4.57 Å². The number of aliphatic hydroxyl groups excluding tert-OH is 5. The van der Waals surface area contributed by atoms with Crippen LogP contribution in [0.3, 0.4) is 0 Å². The normalized spacial score (nSPS) is 21.4. The van der Waals surface area contributed by atoms with Crippen LogP contribution < -0.4 is 0 Å². The topological polar surface area (TPSA) is 210 Å². The molecule has 1 saturated carbocycles. The highest BCUT2D eigenvalue weighted by atomic mass is 31.2. The summed E-state index contributed by atoms with van der Waals surface area (Å²) in [5.41, 5.74) is 0. The Morgan fingerprint density at radius 2 is 0.806 bits per heavy atom. The molecule has 0 aromatic carbocycles. The molecule has 13 nitrogen and oxygen atoms in total. The molecule has 1 rings (SSSR count). The van der Waals surface area contributed by atoms with Crippen molar-refractivity contribution in [1.29, 1.82) is 0 Å². The van der Waals surface area contributed by atoms with Gasteiger partial charge in [0.1, 0.15) is 43.2 Å². The zero-order valence-electron chi connectivity index (χ0n) is 41.9. The highest BCUT2D eigenvalue weighted by molar-refractivity contribution is 7.47. The summed E-state index contributed by atoms with van der Waals surface area (Å²) in [6.45, 7) is 3.29. The maximum atomic E-state index is 12.9. The lowest BCUT2D eigenvalue weighted by Gasteiger charge is -2.41. The number of phosphoric ester groups is 1. The molecular weight excluding hydrogens is 876 g/mol. The monoisotopic (exact) mass is 973 g/mol. The summed E-state index contributed by atoms with van der Waals surface area (Å²) < 4.78 is 33.6. The third kappa shape index (κ3) is 34.9. The lowest BCUT2D eigenvalue weighted by Crippen LogP contribution is -2.64. The summed E-state index contributed by atoms with van der Waals surface area (Å²) in [6, 6.07) is 0. The van der Waals surface area contributed by atoms with Crippen LogP contribution in [0.15, 0.2) is 36.5 Å². The first kappa shape index (κ1) is 63.1. The number of unbranched alkanes of at least 4 members (excludes halogenated alkanes) is 27. The Balaban J connectivity index is 2.38. The smallest absolute Gasteiger partial charge is 0.462 e. The van der Waals surface area contributed by atoms with Gasteiger partial charge in [0.05, 0.1) is 6.61 Å². The molecule has 1 aliphatic rings. The second-order valence-corrected chi connectivity index (χ2v) is 20.1. The molecule has 6 unspecified atom stereocenters. The van der Waals surface area contributed by atoms with Crippen molar-refractivity contribution in [1.82, 2.24) is 0 Å². The van der Waals surface area contributed by atoms with Crippen LogP contribution in [0.2, 0.25) is 0 Å². The average molecular weight is 973 g/mol. The van der Waals surface area contributed by atoms with Crippen molar-refractivity contribution in [3.8, 4) is 0 Å². The number of hydrogen-bond donors (Lipinski definition) is 6. The molecule has 0 saturated heterocycles. The van der Waals surface area contributed by atoms with Gasteiger partial charge < -0.3 is 39.9 Å². The van der Waals surface area contributed by atoms with Gasteiger partial charge in [0.2, 0.25) is 0 Å². The Kier molecular flexibility index (Phi) is 40.4. The SMILES string of the molecule is CCCCC/C=C/C/C=C/C/C=C/CCCCCCC(=O)O[C@@H](COC(=O)CCCCCCCCCCCCCCCCCCCCCCC)COP(=O)(O)OC1C(O)C(O)C(O)[C@H](O)C1O. The van der Waals surface area contributed by atoms with E-state index in [2.05, 4.69) is 50.3 Å². The van der Waals surface area contributed by atoms with Crippen LogP contribution in [-0.4, -0.2) is 98.3 Å². The number of carbonyl (C=O) groups excluding carboxylic acids is 2. The van der Waals surface area contributed by atoms with Gasteiger partial charge >= 0.3 is 19.8 Å². The fourth-order valence-corrected chi connectivity index (χ4v) is 9.15. The van der Waals surface area contributed by atoms with Crippen molar-refractivity contribution in [3.63, 3.8) is 0 Å². The molecule has 0 bridgehead atoms. The average Bonchev–Trinajstić information content (AvgIpc) is 3.31. The molecule has 0 aromatic rings. The van der Waals surface area contributed by atoms with E-state index in [1.165, 1.54) is 128 Å². The molecule has 0 radical (unpaired) electrons. The van der Waals surface area contributed by atoms with E-state index in [9.17, 15) is 44.6 Å². The van der Waals surface area contributed by atoms with Crippen molar-refractivity contribution in [3.05, 3.63) is 36.5 Å². The molecule has 1 fully saturated rings. The molecule has 1 aliphatic carbocycles. The Hall–Kier alpha value is -1.93. The molecular formula is C53H97O13P. The van der Waals surface area contributed by atoms with Gasteiger partial charge in [-0.2, -0.15) is 0 Å². The van der Waals surface area contributed by atoms with Crippen molar-refractivity contribution < 1.29 is 63.1 Å².